The van der Waals surface area contributed by atoms with Gasteiger partial charge in [0.25, 0.3) is 0 Å². The number of anilines is 1. The van der Waals surface area contributed by atoms with E-state index in [0.717, 1.165) is 11.3 Å². The lowest BCUT2D eigenvalue weighted by Crippen LogP contribution is -2.29. The molecule has 0 saturated carbocycles. The van der Waals surface area contributed by atoms with E-state index in [1.54, 1.807) is 13.0 Å². The minimum absolute atomic E-state index is 0.0168. The van der Waals surface area contributed by atoms with Crippen LogP contribution in [-0.2, 0) is 9.53 Å². The Kier molecular flexibility index (Phi) is 7.39. The Morgan fingerprint density at radius 3 is 2.60 bits per heavy atom. The highest BCUT2D eigenvalue weighted by atomic mass is 16.5. The Labute approximate surface area is 119 Å². The van der Waals surface area contributed by atoms with E-state index < -0.39 is 0 Å². The summed E-state index contributed by atoms with van der Waals surface area (Å²) in [6, 6.07) is 7.52. The summed E-state index contributed by atoms with van der Waals surface area (Å²) in [6.07, 6.45) is 3.06. The van der Waals surface area contributed by atoms with E-state index in [9.17, 15) is 4.79 Å². The lowest BCUT2D eigenvalue weighted by atomic mass is 10.1. The van der Waals surface area contributed by atoms with Crippen LogP contribution in [0.15, 0.2) is 30.3 Å². The van der Waals surface area contributed by atoms with Crippen LogP contribution in [0.2, 0.25) is 0 Å². The molecule has 2 N–H and O–H groups in total. The molecule has 1 aromatic carbocycles. The molecule has 0 spiro atoms. The van der Waals surface area contributed by atoms with Crippen molar-refractivity contribution in [1.29, 1.82) is 0 Å². The van der Waals surface area contributed by atoms with Crippen LogP contribution in [-0.4, -0.2) is 49.1 Å². The second-order valence-electron chi connectivity index (χ2n) is 4.11. The summed E-state index contributed by atoms with van der Waals surface area (Å²) in [7, 11) is 0. The number of rotatable bonds is 8. The molecule has 0 atom stereocenters. The second-order valence-corrected chi connectivity index (χ2v) is 4.11. The van der Waals surface area contributed by atoms with Gasteiger partial charge in [-0.1, -0.05) is 12.1 Å². The molecule has 0 unspecified atom stereocenters. The fraction of sp³-hybridized carbons (Fsp3) is 0.400. The number of benzene rings is 1. The number of aliphatic hydroxyl groups is 2. The minimum atomic E-state index is -0.375. The molecule has 0 heterocycles. The van der Waals surface area contributed by atoms with Crippen molar-refractivity contribution in [3.05, 3.63) is 35.9 Å². The zero-order chi connectivity index (χ0) is 14.8. The van der Waals surface area contributed by atoms with Gasteiger partial charge in [-0.15, -0.1) is 0 Å². The number of aliphatic hydroxyl groups excluding tert-OH is 2. The molecule has 5 heteroatoms. The minimum Gasteiger partial charge on any atom is -0.463 e. The maximum absolute atomic E-state index is 11.3. The van der Waals surface area contributed by atoms with Crippen molar-refractivity contribution in [1.82, 2.24) is 0 Å². The molecular weight excluding hydrogens is 258 g/mol. The predicted molar refractivity (Wildman–Crippen MR) is 78.5 cm³/mol. The van der Waals surface area contributed by atoms with E-state index in [2.05, 4.69) is 0 Å². The van der Waals surface area contributed by atoms with Crippen LogP contribution >= 0.6 is 0 Å². The summed E-state index contributed by atoms with van der Waals surface area (Å²) in [5.74, 6) is -0.375. The normalized spacial score (nSPS) is 10.8. The molecule has 0 fully saturated rings. The van der Waals surface area contributed by atoms with E-state index in [-0.39, 0.29) is 19.2 Å². The number of carbonyl (C=O) groups excluding carboxylic acids is 1. The van der Waals surface area contributed by atoms with Crippen molar-refractivity contribution in [2.24, 2.45) is 0 Å². The van der Waals surface area contributed by atoms with E-state index in [0.29, 0.717) is 19.7 Å². The van der Waals surface area contributed by atoms with Crippen molar-refractivity contribution < 1.29 is 19.7 Å². The molecule has 20 heavy (non-hydrogen) atoms. The fourth-order valence-electron chi connectivity index (χ4n) is 1.79. The quantitative estimate of drug-likeness (QED) is 0.550. The summed E-state index contributed by atoms with van der Waals surface area (Å²) in [4.78, 5) is 13.1. The Balaban J connectivity index is 2.80. The van der Waals surface area contributed by atoms with Crippen LogP contribution in [0.1, 0.15) is 12.5 Å². The second kappa shape index (κ2) is 9.12. The molecule has 0 radical (unpaired) electrons. The third-order valence-corrected chi connectivity index (χ3v) is 2.67. The maximum Gasteiger partial charge on any atom is 0.330 e. The van der Waals surface area contributed by atoms with Crippen molar-refractivity contribution >= 4 is 17.7 Å². The number of ether oxygens (including phenoxy) is 1. The Bertz CT molecular complexity index is 439. The van der Waals surface area contributed by atoms with Crippen LogP contribution in [0.3, 0.4) is 0 Å². The van der Waals surface area contributed by atoms with Gasteiger partial charge in [-0.05, 0) is 30.7 Å². The average molecular weight is 279 g/mol. The van der Waals surface area contributed by atoms with Crippen molar-refractivity contribution in [2.75, 3.05) is 37.8 Å². The molecule has 110 valence electrons. The largest absolute Gasteiger partial charge is 0.463 e. The Morgan fingerprint density at radius 1 is 1.30 bits per heavy atom. The number of nitrogens with zero attached hydrogens (tertiary/aromatic N) is 1. The molecule has 5 nitrogen and oxygen atoms in total. The monoisotopic (exact) mass is 279 g/mol. The SMILES string of the molecule is CCOC(=O)C=Cc1cccc(N(CCO)CCO)c1. The summed E-state index contributed by atoms with van der Waals surface area (Å²) < 4.78 is 4.82. The Morgan fingerprint density at radius 2 is 2.00 bits per heavy atom. The molecule has 0 saturated heterocycles. The summed E-state index contributed by atoms with van der Waals surface area (Å²) in [5, 5.41) is 18.1. The van der Waals surface area contributed by atoms with E-state index in [1.807, 2.05) is 29.2 Å². The number of carbonyl (C=O) groups is 1. The van der Waals surface area contributed by atoms with Gasteiger partial charge in [-0.25, -0.2) is 4.79 Å². The van der Waals surface area contributed by atoms with Crippen LogP contribution < -0.4 is 4.90 Å². The highest BCUT2D eigenvalue weighted by molar-refractivity contribution is 5.87. The lowest BCUT2D eigenvalue weighted by molar-refractivity contribution is -0.137. The molecule has 0 bridgehead atoms. The molecule has 0 amide bonds. The summed E-state index contributed by atoms with van der Waals surface area (Å²) >= 11 is 0. The first kappa shape index (κ1) is 16.2. The first-order chi connectivity index (χ1) is 9.71. The van der Waals surface area contributed by atoms with Gasteiger partial charge in [0.05, 0.1) is 19.8 Å². The standard InChI is InChI=1S/C15H21NO4/c1-2-20-15(19)7-6-13-4-3-5-14(12-13)16(8-10-17)9-11-18/h3-7,12,17-18H,2,8-11H2,1H3. The molecule has 1 aromatic rings. The van der Waals surface area contributed by atoms with Crippen LogP contribution in [0, 0.1) is 0 Å². The van der Waals surface area contributed by atoms with Crippen LogP contribution in [0.5, 0.6) is 0 Å². The first-order valence-corrected chi connectivity index (χ1v) is 6.62. The van der Waals surface area contributed by atoms with Gasteiger partial charge in [0.15, 0.2) is 0 Å². The van der Waals surface area contributed by atoms with Crippen molar-refractivity contribution in [3.63, 3.8) is 0 Å². The molecule has 1 rings (SSSR count). The predicted octanol–water partition coefficient (Wildman–Crippen LogP) is 1.05. The van der Waals surface area contributed by atoms with Gasteiger partial charge in [0.2, 0.25) is 0 Å². The molecule has 0 aromatic heterocycles. The third-order valence-electron chi connectivity index (χ3n) is 2.67. The zero-order valence-corrected chi connectivity index (χ0v) is 11.7. The van der Waals surface area contributed by atoms with Crippen molar-refractivity contribution in [2.45, 2.75) is 6.92 Å². The highest BCUT2D eigenvalue weighted by Gasteiger charge is 2.05. The van der Waals surface area contributed by atoms with Crippen LogP contribution in [0.25, 0.3) is 6.08 Å². The topological polar surface area (TPSA) is 70.0 Å². The Hall–Kier alpha value is -1.85. The number of esters is 1. The highest BCUT2D eigenvalue weighted by Crippen LogP contribution is 2.16. The van der Waals surface area contributed by atoms with Gasteiger partial charge in [0.1, 0.15) is 0 Å². The summed E-state index contributed by atoms with van der Waals surface area (Å²) in [6.45, 7) is 3.04. The number of hydrogen-bond acceptors (Lipinski definition) is 5. The van der Waals surface area contributed by atoms with Gasteiger partial charge in [0, 0.05) is 24.9 Å². The molecule has 0 aliphatic rings. The lowest BCUT2D eigenvalue weighted by Gasteiger charge is -2.23. The van der Waals surface area contributed by atoms with E-state index >= 15 is 0 Å². The van der Waals surface area contributed by atoms with E-state index in [1.165, 1.54) is 6.08 Å². The van der Waals surface area contributed by atoms with Gasteiger partial charge < -0.3 is 19.8 Å². The van der Waals surface area contributed by atoms with E-state index in [4.69, 9.17) is 14.9 Å². The maximum atomic E-state index is 11.3. The number of hydrogen-bond donors (Lipinski definition) is 2. The molecular formula is C15H21NO4. The smallest absolute Gasteiger partial charge is 0.330 e. The molecule has 0 aliphatic carbocycles. The fourth-order valence-corrected chi connectivity index (χ4v) is 1.79. The first-order valence-electron chi connectivity index (χ1n) is 6.62. The van der Waals surface area contributed by atoms with Gasteiger partial charge in [-0.3, -0.25) is 0 Å². The van der Waals surface area contributed by atoms with Crippen LogP contribution in [0.4, 0.5) is 5.69 Å². The third kappa shape index (κ3) is 5.42. The van der Waals surface area contributed by atoms with Gasteiger partial charge >= 0.3 is 5.97 Å². The van der Waals surface area contributed by atoms with Crippen molar-refractivity contribution in [3.8, 4) is 0 Å². The molecule has 0 aliphatic heterocycles. The average Bonchev–Trinajstić information content (AvgIpc) is 2.45. The zero-order valence-electron chi connectivity index (χ0n) is 11.7. The summed E-state index contributed by atoms with van der Waals surface area (Å²) in [5.41, 5.74) is 1.75. The van der Waals surface area contributed by atoms with Gasteiger partial charge in [-0.2, -0.15) is 0 Å².